The molecule has 1 heterocycles. The minimum atomic E-state index is -3.64. The average Bonchev–Trinajstić information content (AvgIpc) is 2.47. The maximum Gasteiger partial charge on any atom is 0.255 e. The van der Waals surface area contributed by atoms with Crippen molar-refractivity contribution >= 4 is 15.9 Å². The summed E-state index contributed by atoms with van der Waals surface area (Å²) in [7, 11) is -0.737. The van der Waals surface area contributed by atoms with Gasteiger partial charge in [0.25, 0.3) is 5.91 Å². The van der Waals surface area contributed by atoms with Crippen molar-refractivity contribution in [3.63, 3.8) is 0 Å². The van der Waals surface area contributed by atoms with E-state index in [2.05, 4.69) is 0 Å². The standard InChI is InChI=1S/C13H18N2O4S/c1-14(2)20(17,18)12-6-4-3-5-11(12)13(16)15-7-9-19-10-8-15/h3-6H,7-10H2,1-2H3. The molecule has 1 saturated heterocycles. The molecule has 1 aromatic carbocycles. The summed E-state index contributed by atoms with van der Waals surface area (Å²) in [5.41, 5.74) is 0.211. The number of rotatable bonds is 3. The predicted molar refractivity (Wildman–Crippen MR) is 74.0 cm³/mol. The minimum Gasteiger partial charge on any atom is -0.378 e. The number of nitrogens with zero attached hydrogens (tertiary/aromatic N) is 2. The van der Waals surface area contributed by atoms with Gasteiger partial charge < -0.3 is 9.64 Å². The summed E-state index contributed by atoms with van der Waals surface area (Å²) in [6, 6.07) is 6.30. The summed E-state index contributed by atoms with van der Waals surface area (Å²) in [5.74, 6) is -0.269. The van der Waals surface area contributed by atoms with Crippen LogP contribution in [-0.2, 0) is 14.8 Å². The molecule has 0 unspecified atom stereocenters. The van der Waals surface area contributed by atoms with Crippen molar-refractivity contribution in [2.75, 3.05) is 40.4 Å². The zero-order valence-electron chi connectivity index (χ0n) is 11.6. The van der Waals surface area contributed by atoms with E-state index >= 15 is 0 Å². The molecule has 1 aliphatic rings. The number of benzene rings is 1. The Balaban J connectivity index is 2.40. The van der Waals surface area contributed by atoms with E-state index in [0.717, 1.165) is 4.31 Å². The topological polar surface area (TPSA) is 66.9 Å². The largest absolute Gasteiger partial charge is 0.378 e. The summed E-state index contributed by atoms with van der Waals surface area (Å²) in [4.78, 5) is 14.1. The van der Waals surface area contributed by atoms with Gasteiger partial charge in [-0.3, -0.25) is 4.79 Å². The second-order valence-corrected chi connectivity index (χ2v) is 6.81. The van der Waals surface area contributed by atoms with E-state index in [9.17, 15) is 13.2 Å². The van der Waals surface area contributed by atoms with E-state index in [4.69, 9.17) is 4.74 Å². The molecule has 0 bridgehead atoms. The molecule has 110 valence electrons. The van der Waals surface area contributed by atoms with Gasteiger partial charge in [0, 0.05) is 27.2 Å². The van der Waals surface area contributed by atoms with E-state index in [1.165, 1.54) is 20.2 Å². The maximum atomic E-state index is 12.5. The molecule has 1 amide bonds. The fourth-order valence-electron chi connectivity index (χ4n) is 2.00. The van der Waals surface area contributed by atoms with Crippen LogP contribution >= 0.6 is 0 Å². The molecule has 1 fully saturated rings. The van der Waals surface area contributed by atoms with Gasteiger partial charge in [0.1, 0.15) is 0 Å². The minimum absolute atomic E-state index is 0.0430. The smallest absolute Gasteiger partial charge is 0.255 e. The van der Waals surface area contributed by atoms with Gasteiger partial charge in [0.15, 0.2) is 0 Å². The van der Waals surface area contributed by atoms with Gasteiger partial charge in [-0.05, 0) is 12.1 Å². The summed E-state index contributed by atoms with van der Waals surface area (Å²) in [5, 5.41) is 0. The Hall–Kier alpha value is -1.44. The Morgan fingerprint density at radius 3 is 2.40 bits per heavy atom. The molecule has 6 nitrogen and oxygen atoms in total. The Bertz CT molecular complexity index is 592. The van der Waals surface area contributed by atoms with Crippen LogP contribution in [-0.4, -0.2) is 63.9 Å². The molecule has 0 N–H and O–H groups in total. The van der Waals surface area contributed by atoms with Gasteiger partial charge in [-0.2, -0.15) is 0 Å². The maximum absolute atomic E-state index is 12.5. The van der Waals surface area contributed by atoms with Crippen molar-refractivity contribution in [3.8, 4) is 0 Å². The number of sulfonamides is 1. The van der Waals surface area contributed by atoms with Gasteiger partial charge in [-0.25, -0.2) is 12.7 Å². The first-order valence-corrected chi connectivity index (χ1v) is 7.77. The summed E-state index contributed by atoms with van der Waals surface area (Å²) in [6.45, 7) is 1.92. The van der Waals surface area contributed by atoms with Gasteiger partial charge in [-0.15, -0.1) is 0 Å². The van der Waals surface area contributed by atoms with Gasteiger partial charge in [0.05, 0.1) is 23.7 Å². The number of hydrogen-bond donors (Lipinski definition) is 0. The van der Waals surface area contributed by atoms with E-state index in [1.54, 1.807) is 23.1 Å². The summed E-state index contributed by atoms with van der Waals surface area (Å²) >= 11 is 0. The molecule has 0 aliphatic carbocycles. The Morgan fingerprint density at radius 1 is 1.20 bits per heavy atom. The van der Waals surface area contributed by atoms with E-state index in [-0.39, 0.29) is 16.4 Å². The van der Waals surface area contributed by atoms with Gasteiger partial charge >= 0.3 is 0 Å². The number of ether oxygens (including phenoxy) is 1. The fraction of sp³-hybridized carbons (Fsp3) is 0.462. The normalized spacial score (nSPS) is 16.4. The zero-order chi connectivity index (χ0) is 14.8. The Morgan fingerprint density at radius 2 is 1.80 bits per heavy atom. The first kappa shape index (κ1) is 15.0. The van der Waals surface area contributed by atoms with E-state index in [0.29, 0.717) is 26.3 Å². The van der Waals surface area contributed by atoms with Crippen molar-refractivity contribution in [2.24, 2.45) is 0 Å². The van der Waals surface area contributed by atoms with Crippen LogP contribution < -0.4 is 0 Å². The van der Waals surface area contributed by atoms with E-state index < -0.39 is 10.0 Å². The number of carbonyl (C=O) groups is 1. The molecule has 1 aliphatic heterocycles. The summed E-state index contributed by atoms with van der Waals surface area (Å²) < 4.78 is 30.9. The summed E-state index contributed by atoms with van der Waals surface area (Å²) in [6.07, 6.45) is 0. The van der Waals surface area contributed by atoms with Crippen LogP contribution in [0.2, 0.25) is 0 Å². The number of amides is 1. The second kappa shape index (κ2) is 5.90. The molecule has 2 rings (SSSR count). The quantitative estimate of drug-likeness (QED) is 0.810. The SMILES string of the molecule is CN(C)S(=O)(=O)c1ccccc1C(=O)N1CCOCC1. The monoisotopic (exact) mass is 298 g/mol. The molecule has 7 heteroatoms. The molecule has 0 spiro atoms. The second-order valence-electron chi connectivity index (χ2n) is 4.69. The molecule has 20 heavy (non-hydrogen) atoms. The van der Waals surface area contributed by atoms with Crippen molar-refractivity contribution in [2.45, 2.75) is 4.90 Å². The molecular formula is C13H18N2O4S. The van der Waals surface area contributed by atoms with Crippen LogP contribution in [0.25, 0.3) is 0 Å². The molecule has 0 aromatic heterocycles. The lowest BCUT2D eigenvalue weighted by Crippen LogP contribution is -2.41. The molecule has 0 radical (unpaired) electrons. The highest BCUT2D eigenvalue weighted by Gasteiger charge is 2.27. The van der Waals surface area contributed by atoms with Crippen molar-refractivity contribution in [1.82, 2.24) is 9.21 Å². The lowest BCUT2D eigenvalue weighted by molar-refractivity contribution is 0.0300. The third-order valence-corrected chi connectivity index (χ3v) is 5.05. The average molecular weight is 298 g/mol. The Kier molecular flexibility index (Phi) is 4.42. The van der Waals surface area contributed by atoms with Crippen molar-refractivity contribution < 1.29 is 17.9 Å². The van der Waals surface area contributed by atoms with E-state index in [1.807, 2.05) is 0 Å². The highest BCUT2D eigenvalue weighted by molar-refractivity contribution is 7.89. The van der Waals surface area contributed by atoms with Crippen LogP contribution in [0.1, 0.15) is 10.4 Å². The molecule has 0 saturated carbocycles. The third kappa shape index (κ3) is 2.84. The molecule has 0 atom stereocenters. The molecular weight excluding hydrogens is 280 g/mol. The predicted octanol–water partition coefficient (Wildman–Crippen LogP) is 0.409. The van der Waals surface area contributed by atoms with Crippen LogP contribution in [0, 0.1) is 0 Å². The number of morpholine rings is 1. The van der Waals surface area contributed by atoms with Gasteiger partial charge in [-0.1, -0.05) is 12.1 Å². The Labute approximate surface area is 119 Å². The van der Waals surface area contributed by atoms with Crippen LogP contribution in [0.4, 0.5) is 0 Å². The van der Waals surface area contributed by atoms with Gasteiger partial charge in [0.2, 0.25) is 10.0 Å². The zero-order valence-corrected chi connectivity index (χ0v) is 12.4. The highest BCUT2D eigenvalue weighted by Crippen LogP contribution is 2.20. The third-order valence-electron chi connectivity index (χ3n) is 3.17. The highest BCUT2D eigenvalue weighted by atomic mass is 32.2. The van der Waals surface area contributed by atoms with Crippen LogP contribution in [0.3, 0.4) is 0 Å². The first-order chi connectivity index (χ1) is 9.44. The molecule has 1 aromatic rings. The lowest BCUT2D eigenvalue weighted by Gasteiger charge is -2.27. The van der Waals surface area contributed by atoms with Crippen LogP contribution in [0.15, 0.2) is 29.2 Å². The van der Waals surface area contributed by atoms with Crippen LogP contribution in [0.5, 0.6) is 0 Å². The number of carbonyl (C=O) groups excluding carboxylic acids is 1. The number of hydrogen-bond acceptors (Lipinski definition) is 4. The lowest BCUT2D eigenvalue weighted by atomic mass is 10.2. The fourth-order valence-corrected chi connectivity index (χ4v) is 3.08. The first-order valence-electron chi connectivity index (χ1n) is 6.33. The van der Waals surface area contributed by atoms with Crippen molar-refractivity contribution in [3.05, 3.63) is 29.8 Å². The van der Waals surface area contributed by atoms with Crippen molar-refractivity contribution in [1.29, 1.82) is 0 Å².